The molecule has 132 valence electrons. The third-order valence-electron chi connectivity index (χ3n) is 3.23. The Bertz CT molecular complexity index is 763. The molecule has 3 amide bonds. The Kier molecular flexibility index (Phi) is 6.97. The Labute approximate surface area is 154 Å². The molecule has 2 aromatic rings. The van der Waals surface area contributed by atoms with Gasteiger partial charge in [0.15, 0.2) is 0 Å². The van der Waals surface area contributed by atoms with Gasteiger partial charge in [-0.2, -0.15) is 0 Å². The van der Waals surface area contributed by atoms with Gasteiger partial charge >= 0.3 is 0 Å². The zero-order chi connectivity index (χ0) is 18.2. The van der Waals surface area contributed by atoms with Crippen LogP contribution >= 0.6 is 22.9 Å². The number of anilines is 2. The third-order valence-corrected chi connectivity index (χ3v) is 4.43. The van der Waals surface area contributed by atoms with Crippen LogP contribution in [0.4, 0.5) is 11.4 Å². The molecule has 0 saturated carbocycles. The molecule has 0 fully saturated rings. The molecule has 1 heterocycles. The lowest BCUT2D eigenvalue weighted by Crippen LogP contribution is -2.27. The molecule has 0 atom stereocenters. The van der Waals surface area contributed by atoms with E-state index in [0.29, 0.717) is 27.7 Å². The first-order valence-corrected chi connectivity index (χ1v) is 8.96. The lowest BCUT2D eigenvalue weighted by Gasteiger charge is -2.10. The van der Waals surface area contributed by atoms with E-state index in [-0.39, 0.29) is 30.7 Å². The van der Waals surface area contributed by atoms with E-state index in [1.54, 1.807) is 37.3 Å². The average Bonchev–Trinajstić information content (AvgIpc) is 3.12. The highest BCUT2D eigenvalue weighted by atomic mass is 35.5. The smallest absolute Gasteiger partial charge is 0.261 e. The molecule has 0 saturated heterocycles. The number of carbonyl (C=O) groups is 3. The van der Waals surface area contributed by atoms with Gasteiger partial charge in [-0.05, 0) is 29.6 Å². The van der Waals surface area contributed by atoms with Crippen molar-refractivity contribution < 1.29 is 14.4 Å². The molecular weight excluding hydrogens is 362 g/mol. The molecule has 0 spiro atoms. The van der Waals surface area contributed by atoms with Crippen molar-refractivity contribution in [3.05, 3.63) is 45.6 Å². The average molecular weight is 380 g/mol. The van der Waals surface area contributed by atoms with Crippen LogP contribution in [0.5, 0.6) is 0 Å². The van der Waals surface area contributed by atoms with Gasteiger partial charge in [0, 0.05) is 25.1 Å². The molecule has 3 N–H and O–H groups in total. The largest absolute Gasteiger partial charge is 0.351 e. The van der Waals surface area contributed by atoms with E-state index < -0.39 is 0 Å². The van der Waals surface area contributed by atoms with Crippen molar-refractivity contribution in [3.8, 4) is 0 Å². The van der Waals surface area contributed by atoms with Gasteiger partial charge in [0.1, 0.15) is 0 Å². The van der Waals surface area contributed by atoms with E-state index in [1.165, 1.54) is 11.3 Å². The van der Waals surface area contributed by atoms with Crippen LogP contribution in [0.1, 0.15) is 29.4 Å². The highest BCUT2D eigenvalue weighted by molar-refractivity contribution is 7.12. The van der Waals surface area contributed by atoms with Crippen LogP contribution in [0, 0.1) is 0 Å². The SMILES string of the molecule is CCC(=O)Nc1ccc(Cl)c(NC(=O)CCNC(=O)c2cccs2)c1. The molecule has 0 aliphatic rings. The summed E-state index contributed by atoms with van der Waals surface area (Å²) in [5, 5.41) is 10.2. The number of carbonyl (C=O) groups excluding carboxylic acids is 3. The van der Waals surface area contributed by atoms with Crippen molar-refractivity contribution >= 4 is 52.0 Å². The van der Waals surface area contributed by atoms with Gasteiger partial charge in [0.2, 0.25) is 11.8 Å². The van der Waals surface area contributed by atoms with Gasteiger partial charge < -0.3 is 16.0 Å². The predicted octanol–water partition coefficient (Wildman–Crippen LogP) is 3.51. The second-order valence-corrected chi connectivity index (χ2v) is 6.48. The van der Waals surface area contributed by atoms with Crippen LogP contribution in [-0.2, 0) is 9.59 Å². The fourth-order valence-corrected chi connectivity index (χ4v) is 2.75. The summed E-state index contributed by atoms with van der Waals surface area (Å²) in [6.07, 6.45) is 0.466. The fraction of sp³-hybridized carbons (Fsp3) is 0.235. The fourth-order valence-electron chi connectivity index (χ4n) is 1.95. The predicted molar refractivity (Wildman–Crippen MR) is 100 cm³/mol. The normalized spacial score (nSPS) is 10.2. The first kappa shape index (κ1) is 19.0. The molecule has 0 aliphatic carbocycles. The van der Waals surface area contributed by atoms with Crippen LogP contribution < -0.4 is 16.0 Å². The van der Waals surface area contributed by atoms with Crippen LogP contribution in [0.25, 0.3) is 0 Å². The molecule has 0 radical (unpaired) electrons. The van der Waals surface area contributed by atoms with E-state index in [4.69, 9.17) is 11.6 Å². The van der Waals surface area contributed by atoms with E-state index in [2.05, 4.69) is 16.0 Å². The minimum absolute atomic E-state index is 0.110. The summed E-state index contributed by atoms with van der Waals surface area (Å²) in [5.41, 5.74) is 0.961. The molecule has 2 rings (SSSR count). The van der Waals surface area contributed by atoms with Crippen molar-refractivity contribution in [2.24, 2.45) is 0 Å². The van der Waals surface area contributed by atoms with Crippen LogP contribution in [0.2, 0.25) is 5.02 Å². The number of amides is 3. The van der Waals surface area contributed by atoms with Gasteiger partial charge in [-0.15, -0.1) is 11.3 Å². The summed E-state index contributed by atoms with van der Waals surface area (Å²) in [4.78, 5) is 35.8. The zero-order valence-electron chi connectivity index (χ0n) is 13.6. The number of rotatable bonds is 7. The van der Waals surface area contributed by atoms with Crippen LogP contribution in [0.15, 0.2) is 35.7 Å². The van der Waals surface area contributed by atoms with Crippen LogP contribution in [0.3, 0.4) is 0 Å². The van der Waals surface area contributed by atoms with E-state index >= 15 is 0 Å². The Balaban J connectivity index is 1.86. The summed E-state index contributed by atoms with van der Waals surface area (Å²) in [6.45, 7) is 1.96. The van der Waals surface area contributed by atoms with Gasteiger partial charge in [-0.3, -0.25) is 14.4 Å². The van der Waals surface area contributed by atoms with E-state index in [1.807, 2.05) is 5.38 Å². The minimum Gasteiger partial charge on any atom is -0.351 e. The quantitative estimate of drug-likeness (QED) is 0.687. The standard InChI is InChI=1S/C17H18ClN3O3S/c1-2-15(22)20-11-5-6-12(18)13(10-11)21-16(23)7-8-19-17(24)14-4-3-9-25-14/h3-6,9-10H,2,7-8H2,1H3,(H,19,24)(H,20,22)(H,21,23). The topological polar surface area (TPSA) is 87.3 Å². The molecule has 0 aliphatic heterocycles. The first-order valence-electron chi connectivity index (χ1n) is 7.70. The van der Waals surface area contributed by atoms with Crippen molar-refractivity contribution in [2.45, 2.75) is 19.8 Å². The maximum atomic E-state index is 12.0. The Morgan fingerprint density at radius 1 is 1.12 bits per heavy atom. The van der Waals surface area contributed by atoms with Crippen molar-refractivity contribution in [2.75, 3.05) is 17.2 Å². The highest BCUT2D eigenvalue weighted by Crippen LogP contribution is 2.25. The molecule has 8 heteroatoms. The third kappa shape index (κ3) is 5.88. The summed E-state index contributed by atoms with van der Waals surface area (Å²) in [5.74, 6) is -0.617. The highest BCUT2D eigenvalue weighted by Gasteiger charge is 2.10. The lowest BCUT2D eigenvalue weighted by molar-refractivity contribution is -0.116. The van der Waals surface area contributed by atoms with Crippen molar-refractivity contribution in [1.82, 2.24) is 5.32 Å². The molecule has 1 aromatic carbocycles. The second kappa shape index (κ2) is 9.19. The van der Waals surface area contributed by atoms with E-state index in [0.717, 1.165) is 0 Å². The summed E-state index contributed by atoms with van der Waals surface area (Å²) < 4.78 is 0. The number of thiophene rings is 1. The lowest BCUT2D eigenvalue weighted by atomic mass is 10.2. The maximum absolute atomic E-state index is 12.0. The summed E-state index contributed by atoms with van der Waals surface area (Å²) in [6, 6.07) is 8.36. The number of halogens is 1. The second-order valence-electron chi connectivity index (χ2n) is 5.13. The molecular formula is C17H18ClN3O3S. The minimum atomic E-state index is -0.285. The van der Waals surface area contributed by atoms with Crippen molar-refractivity contribution in [3.63, 3.8) is 0 Å². The van der Waals surface area contributed by atoms with Gasteiger partial charge in [-0.1, -0.05) is 24.6 Å². The first-order chi connectivity index (χ1) is 12.0. The maximum Gasteiger partial charge on any atom is 0.261 e. The Hall–Kier alpha value is -2.38. The van der Waals surface area contributed by atoms with Crippen LogP contribution in [-0.4, -0.2) is 24.3 Å². The number of hydrogen-bond donors (Lipinski definition) is 3. The van der Waals surface area contributed by atoms with E-state index in [9.17, 15) is 14.4 Å². The monoisotopic (exact) mass is 379 g/mol. The molecule has 0 bridgehead atoms. The zero-order valence-corrected chi connectivity index (χ0v) is 15.2. The number of nitrogens with one attached hydrogen (secondary N) is 3. The molecule has 25 heavy (non-hydrogen) atoms. The Morgan fingerprint density at radius 2 is 1.92 bits per heavy atom. The number of benzene rings is 1. The molecule has 1 aromatic heterocycles. The summed E-state index contributed by atoms with van der Waals surface area (Å²) >= 11 is 7.41. The number of hydrogen-bond acceptors (Lipinski definition) is 4. The van der Waals surface area contributed by atoms with Gasteiger partial charge in [0.05, 0.1) is 15.6 Å². The Morgan fingerprint density at radius 3 is 2.60 bits per heavy atom. The molecule has 0 unspecified atom stereocenters. The van der Waals surface area contributed by atoms with Crippen molar-refractivity contribution in [1.29, 1.82) is 0 Å². The molecule has 6 nitrogen and oxygen atoms in total. The van der Waals surface area contributed by atoms with Gasteiger partial charge in [0.25, 0.3) is 5.91 Å². The summed E-state index contributed by atoms with van der Waals surface area (Å²) in [7, 11) is 0. The van der Waals surface area contributed by atoms with Gasteiger partial charge in [-0.25, -0.2) is 0 Å².